The van der Waals surface area contributed by atoms with Gasteiger partial charge in [0.15, 0.2) is 0 Å². The molecule has 4 heteroatoms. The van der Waals surface area contributed by atoms with Gasteiger partial charge in [-0.25, -0.2) is 4.98 Å². The molecular weight excluding hydrogens is 240 g/mol. The number of aliphatic hydroxyl groups is 1. The van der Waals surface area contributed by atoms with Crippen molar-refractivity contribution in [1.82, 2.24) is 9.55 Å². The zero-order valence-electron chi connectivity index (χ0n) is 11.0. The number of benzene rings is 1. The molecule has 2 aromatic rings. The molecule has 3 rings (SSSR count). The van der Waals surface area contributed by atoms with E-state index in [4.69, 9.17) is 4.74 Å². The molecule has 1 fully saturated rings. The van der Waals surface area contributed by atoms with E-state index >= 15 is 0 Å². The molecule has 1 unspecified atom stereocenters. The van der Waals surface area contributed by atoms with Crippen molar-refractivity contribution in [3.8, 4) is 5.75 Å². The Labute approximate surface area is 112 Å². The molecule has 1 aromatic carbocycles. The zero-order valence-corrected chi connectivity index (χ0v) is 11.0. The largest absolute Gasteiger partial charge is 0.487 e. The second-order valence-corrected chi connectivity index (χ2v) is 5.06. The molecule has 0 radical (unpaired) electrons. The van der Waals surface area contributed by atoms with Gasteiger partial charge in [0, 0.05) is 6.04 Å². The minimum Gasteiger partial charge on any atom is -0.487 e. The number of hydrogen-bond donors (Lipinski definition) is 1. The number of aliphatic hydroxyl groups excluding tert-OH is 1. The summed E-state index contributed by atoms with van der Waals surface area (Å²) in [7, 11) is 0. The van der Waals surface area contributed by atoms with Crippen molar-refractivity contribution in [2.45, 2.75) is 38.5 Å². The molecule has 0 amide bonds. The smallest absolute Gasteiger partial charge is 0.130 e. The summed E-state index contributed by atoms with van der Waals surface area (Å²) in [6.45, 7) is 2.29. The van der Waals surface area contributed by atoms with Crippen molar-refractivity contribution in [1.29, 1.82) is 0 Å². The Morgan fingerprint density at radius 1 is 1.37 bits per heavy atom. The van der Waals surface area contributed by atoms with E-state index in [9.17, 15) is 5.11 Å². The number of ether oxygens (including phenoxy) is 1. The van der Waals surface area contributed by atoms with Crippen molar-refractivity contribution >= 4 is 0 Å². The van der Waals surface area contributed by atoms with Crippen LogP contribution in [0.3, 0.4) is 0 Å². The lowest BCUT2D eigenvalue weighted by Gasteiger charge is -2.10. The van der Waals surface area contributed by atoms with E-state index in [0.29, 0.717) is 12.6 Å². The molecule has 1 N–H and O–H groups in total. The minimum absolute atomic E-state index is 0.439. The highest BCUT2D eigenvalue weighted by molar-refractivity contribution is 5.28. The van der Waals surface area contributed by atoms with Crippen molar-refractivity contribution in [3.05, 3.63) is 48.0 Å². The number of rotatable bonds is 5. The van der Waals surface area contributed by atoms with Crippen LogP contribution in [0.25, 0.3) is 0 Å². The molecule has 1 atom stereocenters. The second-order valence-electron chi connectivity index (χ2n) is 5.06. The van der Waals surface area contributed by atoms with Gasteiger partial charge in [-0.3, -0.25) is 0 Å². The quantitative estimate of drug-likeness (QED) is 0.897. The molecule has 0 bridgehead atoms. The molecule has 0 aliphatic heterocycles. The maximum Gasteiger partial charge on any atom is 0.130 e. The van der Waals surface area contributed by atoms with Crippen molar-refractivity contribution in [2.75, 3.05) is 0 Å². The SMILES string of the molecule is CC(O)c1ccc(OCc2cncn2C2CC2)cc1. The molecule has 19 heavy (non-hydrogen) atoms. The Bertz CT molecular complexity index is 542. The average molecular weight is 258 g/mol. The molecule has 1 aromatic heterocycles. The van der Waals surface area contributed by atoms with Gasteiger partial charge in [0.05, 0.1) is 24.3 Å². The lowest BCUT2D eigenvalue weighted by molar-refractivity contribution is 0.199. The highest BCUT2D eigenvalue weighted by Gasteiger charge is 2.25. The highest BCUT2D eigenvalue weighted by Crippen LogP contribution is 2.35. The van der Waals surface area contributed by atoms with Crippen molar-refractivity contribution < 1.29 is 9.84 Å². The van der Waals surface area contributed by atoms with Gasteiger partial charge in [0.25, 0.3) is 0 Å². The summed E-state index contributed by atoms with van der Waals surface area (Å²) < 4.78 is 7.96. The summed E-state index contributed by atoms with van der Waals surface area (Å²) in [4.78, 5) is 4.18. The van der Waals surface area contributed by atoms with E-state index < -0.39 is 6.10 Å². The predicted molar refractivity (Wildman–Crippen MR) is 71.9 cm³/mol. The van der Waals surface area contributed by atoms with Crippen molar-refractivity contribution in [2.24, 2.45) is 0 Å². The van der Waals surface area contributed by atoms with E-state index in [1.807, 2.05) is 36.8 Å². The fourth-order valence-electron chi connectivity index (χ4n) is 2.13. The third kappa shape index (κ3) is 2.79. The molecule has 100 valence electrons. The standard InChI is InChI=1S/C15H18N2O2/c1-11(18)12-2-6-15(7-3-12)19-9-14-8-16-10-17(14)13-4-5-13/h2-3,6-8,10-11,13,18H,4-5,9H2,1H3. The Morgan fingerprint density at radius 3 is 2.74 bits per heavy atom. The van der Waals surface area contributed by atoms with E-state index in [1.54, 1.807) is 6.92 Å². The summed E-state index contributed by atoms with van der Waals surface area (Å²) >= 11 is 0. The molecule has 0 spiro atoms. The molecular formula is C15H18N2O2. The number of aromatic nitrogens is 2. The van der Waals surface area contributed by atoms with Gasteiger partial charge < -0.3 is 14.4 Å². The van der Waals surface area contributed by atoms with Crippen molar-refractivity contribution in [3.63, 3.8) is 0 Å². The predicted octanol–water partition coefficient (Wildman–Crippen LogP) is 2.85. The number of imidazole rings is 1. The lowest BCUT2D eigenvalue weighted by atomic mass is 10.1. The maximum absolute atomic E-state index is 9.45. The molecule has 1 aliphatic carbocycles. The first kappa shape index (κ1) is 12.2. The second kappa shape index (κ2) is 5.05. The van der Waals surface area contributed by atoms with Crippen LogP contribution in [0.2, 0.25) is 0 Å². The molecule has 4 nitrogen and oxygen atoms in total. The Kier molecular flexibility index (Phi) is 3.25. The first-order chi connectivity index (χ1) is 9.24. The Morgan fingerprint density at radius 2 is 2.11 bits per heavy atom. The van der Waals surface area contributed by atoms with Gasteiger partial charge in [-0.1, -0.05) is 12.1 Å². The number of nitrogens with zero attached hydrogens (tertiary/aromatic N) is 2. The number of hydrogen-bond acceptors (Lipinski definition) is 3. The highest BCUT2D eigenvalue weighted by atomic mass is 16.5. The van der Waals surface area contributed by atoms with Gasteiger partial charge in [-0.15, -0.1) is 0 Å². The van der Waals surface area contributed by atoms with Gasteiger partial charge in [0.1, 0.15) is 12.4 Å². The van der Waals surface area contributed by atoms with Crippen LogP contribution in [0.15, 0.2) is 36.8 Å². The lowest BCUT2D eigenvalue weighted by Crippen LogP contribution is -2.03. The topological polar surface area (TPSA) is 47.3 Å². The van der Waals surface area contributed by atoms with Crippen LogP contribution < -0.4 is 4.74 Å². The Balaban J connectivity index is 1.63. The first-order valence-corrected chi connectivity index (χ1v) is 6.65. The molecule has 0 saturated heterocycles. The van der Waals surface area contributed by atoms with E-state index in [-0.39, 0.29) is 0 Å². The third-order valence-corrected chi connectivity index (χ3v) is 3.44. The first-order valence-electron chi connectivity index (χ1n) is 6.65. The summed E-state index contributed by atoms with van der Waals surface area (Å²) in [6.07, 6.45) is 5.79. The van der Waals surface area contributed by atoms with Crippen LogP contribution in [0.5, 0.6) is 5.75 Å². The fraction of sp³-hybridized carbons (Fsp3) is 0.400. The summed E-state index contributed by atoms with van der Waals surface area (Å²) in [5, 5.41) is 9.45. The van der Waals surface area contributed by atoms with Gasteiger partial charge in [0.2, 0.25) is 0 Å². The fourth-order valence-corrected chi connectivity index (χ4v) is 2.13. The van der Waals surface area contributed by atoms with Crippen LogP contribution in [-0.2, 0) is 6.61 Å². The zero-order chi connectivity index (χ0) is 13.2. The third-order valence-electron chi connectivity index (χ3n) is 3.44. The van der Waals surface area contributed by atoms with Crippen LogP contribution >= 0.6 is 0 Å². The summed E-state index contributed by atoms with van der Waals surface area (Å²) in [5.41, 5.74) is 2.01. The average Bonchev–Trinajstić information content (AvgIpc) is 3.16. The van der Waals surface area contributed by atoms with E-state index in [2.05, 4.69) is 9.55 Å². The summed E-state index contributed by atoms with van der Waals surface area (Å²) in [6, 6.07) is 8.18. The van der Waals surface area contributed by atoms with Gasteiger partial charge >= 0.3 is 0 Å². The molecule has 1 saturated carbocycles. The van der Waals surface area contributed by atoms with E-state index in [1.165, 1.54) is 12.8 Å². The van der Waals surface area contributed by atoms with Crippen LogP contribution in [-0.4, -0.2) is 14.7 Å². The normalized spacial score (nSPS) is 16.3. The maximum atomic E-state index is 9.45. The summed E-state index contributed by atoms with van der Waals surface area (Å²) in [5.74, 6) is 0.813. The van der Waals surface area contributed by atoms with E-state index in [0.717, 1.165) is 17.0 Å². The molecule has 1 heterocycles. The van der Waals surface area contributed by atoms with Crippen LogP contribution in [0, 0.1) is 0 Å². The van der Waals surface area contributed by atoms with Gasteiger partial charge in [-0.2, -0.15) is 0 Å². The monoisotopic (exact) mass is 258 g/mol. The minimum atomic E-state index is -0.439. The molecule has 1 aliphatic rings. The van der Waals surface area contributed by atoms with Crippen LogP contribution in [0.1, 0.15) is 43.2 Å². The van der Waals surface area contributed by atoms with Crippen LogP contribution in [0.4, 0.5) is 0 Å². The van der Waals surface area contributed by atoms with Gasteiger partial charge in [-0.05, 0) is 37.5 Å². The Hall–Kier alpha value is -1.81.